The van der Waals surface area contributed by atoms with Crippen molar-refractivity contribution in [2.24, 2.45) is 5.73 Å². The van der Waals surface area contributed by atoms with Gasteiger partial charge in [0.15, 0.2) is 0 Å². The summed E-state index contributed by atoms with van der Waals surface area (Å²) in [5, 5.41) is 3.15. The summed E-state index contributed by atoms with van der Waals surface area (Å²) in [5.74, 6) is -0.853. The molecule has 0 radical (unpaired) electrons. The van der Waals surface area contributed by atoms with Crippen LogP contribution in [-0.4, -0.2) is 57.5 Å². The number of nitrogens with zero attached hydrogens (tertiary/aromatic N) is 3. The van der Waals surface area contributed by atoms with Gasteiger partial charge in [0.1, 0.15) is 6.04 Å². The molecule has 2 amide bonds. The van der Waals surface area contributed by atoms with Crippen LogP contribution in [0.3, 0.4) is 0 Å². The molecule has 1 aromatic carbocycles. The molecular formula is C27H37N5O4. The molecule has 194 valence electrons. The highest BCUT2D eigenvalue weighted by atomic mass is 16.5. The monoisotopic (exact) mass is 495 g/mol. The van der Waals surface area contributed by atoms with E-state index in [9.17, 15) is 14.4 Å². The van der Waals surface area contributed by atoms with Crippen LogP contribution in [0.2, 0.25) is 0 Å². The number of nitrogens with one attached hydrogen (secondary N) is 1. The lowest BCUT2D eigenvalue weighted by atomic mass is 9.91. The fraction of sp³-hybridized carbons (Fsp3) is 0.556. The Morgan fingerprint density at radius 2 is 1.89 bits per heavy atom. The van der Waals surface area contributed by atoms with Crippen molar-refractivity contribution in [3.05, 3.63) is 52.6 Å². The third-order valence-electron chi connectivity index (χ3n) is 7.47. The van der Waals surface area contributed by atoms with E-state index in [1.165, 1.54) is 23.8 Å². The zero-order valence-corrected chi connectivity index (χ0v) is 21.5. The van der Waals surface area contributed by atoms with Gasteiger partial charge in [-0.05, 0) is 50.7 Å². The van der Waals surface area contributed by atoms with Gasteiger partial charge in [-0.3, -0.25) is 14.4 Å². The van der Waals surface area contributed by atoms with Crippen molar-refractivity contribution in [1.82, 2.24) is 19.8 Å². The van der Waals surface area contributed by atoms with Crippen molar-refractivity contribution < 1.29 is 19.1 Å². The van der Waals surface area contributed by atoms with Gasteiger partial charge in [-0.2, -0.15) is 0 Å². The van der Waals surface area contributed by atoms with Crippen LogP contribution in [0.5, 0.6) is 0 Å². The maximum absolute atomic E-state index is 13.4. The zero-order valence-electron chi connectivity index (χ0n) is 21.5. The SMILES string of the molecule is COC(=O)CCC(=O)N1Cc2c(ncn2Cc2cc(C)ccc2C)CC1C(=O)NC1CCC(N)CC1. The first-order valence-electron chi connectivity index (χ1n) is 12.8. The van der Waals surface area contributed by atoms with E-state index in [4.69, 9.17) is 10.5 Å². The molecule has 2 aromatic rings. The number of methoxy groups -OCH3 is 1. The Balaban J connectivity index is 1.55. The van der Waals surface area contributed by atoms with Gasteiger partial charge < -0.3 is 25.3 Å². The van der Waals surface area contributed by atoms with E-state index in [1.807, 2.05) is 0 Å². The summed E-state index contributed by atoms with van der Waals surface area (Å²) in [7, 11) is 1.30. The number of nitrogens with two attached hydrogens (primary N) is 1. The number of ether oxygens (including phenoxy) is 1. The Labute approximate surface area is 212 Å². The number of fused-ring (bicyclic) bond motifs is 1. The molecule has 36 heavy (non-hydrogen) atoms. The van der Waals surface area contributed by atoms with E-state index in [-0.39, 0.29) is 43.3 Å². The van der Waals surface area contributed by atoms with Crippen LogP contribution in [0.25, 0.3) is 0 Å². The minimum atomic E-state index is -0.665. The second-order valence-corrected chi connectivity index (χ2v) is 10.1. The molecule has 3 N–H and O–H groups in total. The van der Waals surface area contributed by atoms with Gasteiger partial charge in [-0.25, -0.2) is 4.98 Å². The Morgan fingerprint density at radius 1 is 1.14 bits per heavy atom. The highest BCUT2D eigenvalue weighted by Crippen LogP contribution is 2.26. The molecule has 9 nitrogen and oxygen atoms in total. The number of imidazole rings is 1. The van der Waals surface area contributed by atoms with Gasteiger partial charge in [-0.15, -0.1) is 0 Å². The standard InChI is InChI=1S/C27H37N5O4/c1-17-4-5-18(2)19(12-17)14-31-16-29-22-13-23(27(35)30-21-8-6-20(28)7-9-21)32(15-24(22)31)25(33)10-11-26(34)36-3/h4-5,12,16,20-21,23H,6-11,13-15,28H2,1-3H3,(H,30,35). The fourth-order valence-electron chi connectivity index (χ4n) is 5.17. The number of benzene rings is 1. The third kappa shape index (κ3) is 5.95. The number of hydrogen-bond acceptors (Lipinski definition) is 6. The highest BCUT2D eigenvalue weighted by Gasteiger charge is 2.38. The Kier molecular flexibility index (Phi) is 8.08. The number of carbonyl (C=O) groups excluding carboxylic acids is 3. The molecule has 1 aliphatic carbocycles. The lowest BCUT2D eigenvalue weighted by Gasteiger charge is -2.36. The molecule has 1 aliphatic heterocycles. The van der Waals surface area contributed by atoms with E-state index in [2.05, 4.69) is 46.9 Å². The highest BCUT2D eigenvalue weighted by molar-refractivity contribution is 5.89. The Hall–Kier alpha value is -3.20. The van der Waals surface area contributed by atoms with Crippen LogP contribution in [0.15, 0.2) is 24.5 Å². The van der Waals surface area contributed by atoms with E-state index >= 15 is 0 Å². The van der Waals surface area contributed by atoms with E-state index in [1.54, 1.807) is 11.2 Å². The summed E-state index contributed by atoms with van der Waals surface area (Å²) >= 11 is 0. The molecule has 0 saturated heterocycles. The molecule has 1 fully saturated rings. The number of carbonyl (C=O) groups is 3. The fourth-order valence-corrected chi connectivity index (χ4v) is 5.17. The summed E-state index contributed by atoms with van der Waals surface area (Å²) in [5.41, 5.74) is 11.3. The minimum Gasteiger partial charge on any atom is -0.469 e. The van der Waals surface area contributed by atoms with E-state index < -0.39 is 12.0 Å². The molecule has 1 atom stereocenters. The zero-order chi connectivity index (χ0) is 25.8. The summed E-state index contributed by atoms with van der Waals surface area (Å²) in [4.78, 5) is 44.6. The van der Waals surface area contributed by atoms with Crippen LogP contribution < -0.4 is 11.1 Å². The second kappa shape index (κ2) is 11.2. The first kappa shape index (κ1) is 25.9. The molecule has 4 rings (SSSR count). The molecule has 1 aromatic heterocycles. The van der Waals surface area contributed by atoms with E-state index in [0.29, 0.717) is 13.0 Å². The topological polar surface area (TPSA) is 120 Å². The van der Waals surface area contributed by atoms with Crippen molar-refractivity contribution in [3.63, 3.8) is 0 Å². The Bertz CT molecular complexity index is 1120. The normalized spacial score (nSPS) is 21.6. The number of hydrogen-bond donors (Lipinski definition) is 2. The van der Waals surface area contributed by atoms with Crippen molar-refractivity contribution >= 4 is 17.8 Å². The largest absolute Gasteiger partial charge is 0.469 e. The molecule has 1 saturated carbocycles. The number of esters is 1. The van der Waals surface area contributed by atoms with Crippen LogP contribution in [0.4, 0.5) is 0 Å². The summed E-state index contributed by atoms with van der Waals surface area (Å²) in [6, 6.07) is 5.95. The molecule has 1 unspecified atom stereocenters. The van der Waals surface area contributed by atoms with Gasteiger partial charge in [0.05, 0.1) is 37.8 Å². The van der Waals surface area contributed by atoms with Gasteiger partial charge in [0.2, 0.25) is 11.8 Å². The third-order valence-corrected chi connectivity index (χ3v) is 7.47. The molecular weight excluding hydrogens is 458 g/mol. The molecule has 2 heterocycles. The maximum atomic E-state index is 13.4. The lowest BCUT2D eigenvalue weighted by Crippen LogP contribution is -2.55. The van der Waals surface area contributed by atoms with Gasteiger partial charge in [-0.1, -0.05) is 23.8 Å². The van der Waals surface area contributed by atoms with Crippen LogP contribution in [-0.2, 0) is 38.6 Å². The van der Waals surface area contributed by atoms with Gasteiger partial charge in [0, 0.05) is 31.5 Å². The summed E-state index contributed by atoms with van der Waals surface area (Å²) in [6.45, 7) is 5.06. The smallest absolute Gasteiger partial charge is 0.306 e. The number of rotatable bonds is 7. The van der Waals surface area contributed by atoms with Crippen molar-refractivity contribution in [3.8, 4) is 0 Å². The lowest BCUT2D eigenvalue weighted by molar-refractivity contribution is -0.146. The van der Waals surface area contributed by atoms with Crippen LogP contribution >= 0.6 is 0 Å². The first-order valence-corrected chi connectivity index (χ1v) is 12.8. The maximum Gasteiger partial charge on any atom is 0.306 e. The van der Waals surface area contributed by atoms with Crippen LogP contribution in [0.1, 0.15) is 66.6 Å². The Morgan fingerprint density at radius 3 is 2.61 bits per heavy atom. The van der Waals surface area contributed by atoms with Gasteiger partial charge >= 0.3 is 5.97 Å². The van der Waals surface area contributed by atoms with E-state index in [0.717, 1.165) is 37.1 Å². The molecule has 9 heteroatoms. The summed E-state index contributed by atoms with van der Waals surface area (Å²) in [6.07, 6.45) is 5.56. The molecule has 0 bridgehead atoms. The van der Waals surface area contributed by atoms with Crippen molar-refractivity contribution in [2.75, 3.05) is 7.11 Å². The van der Waals surface area contributed by atoms with Crippen molar-refractivity contribution in [1.29, 1.82) is 0 Å². The average Bonchev–Trinajstić information content (AvgIpc) is 3.26. The average molecular weight is 496 g/mol. The predicted octanol–water partition coefficient (Wildman–Crippen LogP) is 2.14. The number of aryl methyl sites for hydroxylation is 2. The number of amides is 2. The summed E-state index contributed by atoms with van der Waals surface area (Å²) < 4.78 is 6.77. The minimum absolute atomic E-state index is 0.00477. The molecule has 2 aliphatic rings. The van der Waals surface area contributed by atoms with Crippen molar-refractivity contribution in [2.45, 2.75) is 90.0 Å². The van der Waals surface area contributed by atoms with Crippen LogP contribution in [0, 0.1) is 13.8 Å². The quantitative estimate of drug-likeness (QED) is 0.568. The first-order chi connectivity index (χ1) is 17.2. The number of aromatic nitrogens is 2. The molecule has 0 spiro atoms. The van der Waals surface area contributed by atoms with Gasteiger partial charge in [0.25, 0.3) is 0 Å². The predicted molar refractivity (Wildman–Crippen MR) is 135 cm³/mol. The second-order valence-electron chi connectivity index (χ2n) is 10.1.